The molecule has 1 atom stereocenters. The van der Waals surface area contributed by atoms with Gasteiger partial charge >= 0.3 is 5.97 Å². The Labute approximate surface area is 119 Å². The molecule has 0 bridgehead atoms. The molecule has 2 aromatic rings. The molecule has 0 spiro atoms. The quantitative estimate of drug-likeness (QED) is 0.644. The van der Waals surface area contributed by atoms with Gasteiger partial charge in [-0.2, -0.15) is 0 Å². The minimum absolute atomic E-state index is 0.169. The molecule has 2 heterocycles. The smallest absolute Gasteiger partial charge is 0.343 e. The number of hydrogen-bond acceptors (Lipinski definition) is 5. The average Bonchev–Trinajstić information content (AvgIpc) is 3.06. The molecule has 5 nitrogen and oxygen atoms in total. The summed E-state index contributed by atoms with van der Waals surface area (Å²) < 4.78 is 10.2. The second-order valence-electron chi connectivity index (χ2n) is 4.04. The molecule has 6 heteroatoms. The van der Waals surface area contributed by atoms with E-state index in [-0.39, 0.29) is 5.90 Å². The summed E-state index contributed by atoms with van der Waals surface area (Å²) in [4.78, 5) is 20.0. The molecule has 1 aromatic carbocycles. The minimum Gasteiger partial charge on any atom is -0.459 e. The van der Waals surface area contributed by atoms with E-state index in [4.69, 9.17) is 20.8 Å². The lowest BCUT2D eigenvalue weighted by atomic mass is 10.3. The third kappa shape index (κ3) is 2.62. The van der Waals surface area contributed by atoms with E-state index in [9.17, 15) is 4.79 Å². The van der Waals surface area contributed by atoms with Crippen LogP contribution in [0.1, 0.15) is 5.76 Å². The van der Waals surface area contributed by atoms with Crippen molar-refractivity contribution in [2.75, 3.05) is 0 Å². The van der Waals surface area contributed by atoms with Crippen LogP contribution in [0.4, 0.5) is 5.69 Å². The topological polar surface area (TPSA) is 64.2 Å². The van der Waals surface area contributed by atoms with Gasteiger partial charge in [0.1, 0.15) is 0 Å². The molecule has 3 rings (SSSR count). The van der Waals surface area contributed by atoms with Gasteiger partial charge in [0.2, 0.25) is 0 Å². The molecule has 0 amide bonds. The molecule has 100 valence electrons. The Bertz CT molecular complexity index is 692. The molecule has 0 saturated carbocycles. The fourth-order valence-corrected chi connectivity index (χ4v) is 1.87. The lowest BCUT2D eigenvalue weighted by Crippen LogP contribution is -2.16. The summed E-state index contributed by atoms with van der Waals surface area (Å²) >= 11 is 5.85. The van der Waals surface area contributed by atoms with Crippen LogP contribution in [0.5, 0.6) is 0 Å². The summed E-state index contributed by atoms with van der Waals surface area (Å²) in [6, 6.07) is 9.59. The molecule has 1 aliphatic rings. The molecule has 0 radical (unpaired) electrons. The van der Waals surface area contributed by atoms with Gasteiger partial charge in [0, 0.05) is 11.2 Å². The van der Waals surface area contributed by atoms with Crippen LogP contribution in [-0.2, 0) is 9.53 Å². The molecule has 0 fully saturated rings. The molecular formula is C14H9ClN2O3. The zero-order valence-electron chi connectivity index (χ0n) is 10.2. The highest BCUT2D eigenvalue weighted by Crippen LogP contribution is 2.18. The van der Waals surface area contributed by atoms with Crippen molar-refractivity contribution in [2.45, 2.75) is 6.04 Å². The predicted molar refractivity (Wildman–Crippen MR) is 74.7 cm³/mol. The van der Waals surface area contributed by atoms with E-state index in [1.165, 1.54) is 12.5 Å². The van der Waals surface area contributed by atoms with Crippen molar-refractivity contribution in [1.29, 1.82) is 0 Å². The first-order valence-corrected chi connectivity index (χ1v) is 6.23. The summed E-state index contributed by atoms with van der Waals surface area (Å²) in [7, 11) is 0. The highest BCUT2D eigenvalue weighted by molar-refractivity contribution is 6.30. The van der Waals surface area contributed by atoms with E-state index in [2.05, 4.69) is 9.98 Å². The number of benzene rings is 1. The van der Waals surface area contributed by atoms with Crippen molar-refractivity contribution in [3.05, 3.63) is 53.4 Å². The van der Waals surface area contributed by atoms with Gasteiger partial charge in [0.25, 0.3) is 5.90 Å². The third-order valence-corrected chi connectivity index (χ3v) is 2.84. The number of ether oxygens (including phenoxy) is 1. The number of esters is 1. The highest BCUT2D eigenvalue weighted by atomic mass is 35.5. The Morgan fingerprint density at radius 2 is 2.20 bits per heavy atom. The Balaban J connectivity index is 1.79. The number of cyclic esters (lactones) is 1. The van der Waals surface area contributed by atoms with Crippen LogP contribution in [0.15, 0.2) is 57.1 Å². The number of halogens is 1. The first-order chi connectivity index (χ1) is 9.72. The number of aliphatic imine (C=N–C) groups is 2. The van der Waals surface area contributed by atoms with Crippen molar-refractivity contribution in [2.24, 2.45) is 9.98 Å². The van der Waals surface area contributed by atoms with Crippen molar-refractivity contribution >= 4 is 35.4 Å². The molecule has 20 heavy (non-hydrogen) atoms. The zero-order chi connectivity index (χ0) is 13.9. The van der Waals surface area contributed by atoms with Crippen LogP contribution in [0.2, 0.25) is 5.02 Å². The lowest BCUT2D eigenvalue weighted by Gasteiger charge is -1.96. The Morgan fingerprint density at radius 3 is 2.95 bits per heavy atom. The Hall–Kier alpha value is -2.40. The second kappa shape index (κ2) is 5.30. The van der Waals surface area contributed by atoms with E-state index in [0.29, 0.717) is 16.5 Å². The molecular weight excluding hydrogens is 280 g/mol. The predicted octanol–water partition coefficient (Wildman–Crippen LogP) is 3.01. The Morgan fingerprint density at radius 1 is 1.30 bits per heavy atom. The number of furan rings is 1. The zero-order valence-corrected chi connectivity index (χ0v) is 10.9. The van der Waals surface area contributed by atoms with Gasteiger partial charge in [-0.25, -0.2) is 9.79 Å². The van der Waals surface area contributed by atoms with E-state index in [1.54, 1.807) is 36.4 Å². The maximum Gasteiger partial charge on any atom is 0.343 e. The van der Waals surface area contributed by atoms with E-state index >= 15 is 0 Å². The minimum atomic E-state index is -0.769. The summed E-state index contributed by atoms with van der Waals surface area (Å²) in [5.41, 5.74) is 0.645. The maximum atomic E-state index is 11.7. The second-order valence-corrected chi connectivity index (χ2v) is 4.47. The maximum absolute atomic E-state index is 11.7. The van der Waals surface area contributed by atoms with Crippen LogP contribution in [0.3, 0.4) is 0 Å². The van der Waals surface area contributed by atoms with Gasteiger partial charge in [-0.3, -0.25) is 4.99 Å². The number of carbonyl (C=O) groups is 1. The molecule has 1 aromatic heterocycles. The van der Waals surface area contributed by atoms with E-state index < -0.39 is 12.0 Å². The van der Waals surface area contributed by atoms with Crippen molar-refractivity contribution < 1.29 is 13.9 Å². The Kier molecular flexibility index (Phi) is 3.35. The summed E-state index contributed by atoms with van der Waals surface area (Å²) in [6.45, 7) is 0. The van der Waals surface area contributed by atoms with Gasteiger partial charge in [-0.05, 0) is 30.3 Å². The largest absolute Gasteiger partial charge is 0.459 e. The fraction of sp³-hybridized carbons (Fsp3) is 0.0714. The first-order valence-electron chi connectivity index (χ1n) is 5.85. The number of hydrogen-bond donors (Lipinski definition) is 0. The summed E-state index contributed by atoms with van der Waals surface area (Å²) in [5.74, 6) is 0.0988. The van der Waals surface area contributed by atoms with Crippen LogP contribution < -0.4 is 0 Å². The summed E-state index contributed by atoms with van der Waals surface area (Å²) in [6.07, 6.45) is 2.91. The average molecular weight is 289 g/mol. The number of nitrogens with zero attached hydrogens (tertiary/aromatic N) is 2. The molecule has 0 N–H and O–H groups in total. The monoisotopic (exact) mass is 288 g/mol. The number of rotatable bonds is 3. The number of carbonyl (C=O) groups excluding carboxylic acids is 1. The van der Waals surface area contributed by atoms with Crippen LogP contribution >= 0.6 is 11.6 Å². The normalized spacial score (nSPS) is 18.4. The standard InChI is InChI=1S/C14H9ClN2O3/c15-9-3-1-4-10(7-9)16-8-11-14(18)20-13(17-11)12-5-2-6-19-12/h1-8,11H. The van der Waals surface area contributed by atoms with Crippen molar-refractivity contribution in [1.82, 2.24) is 0 Å². The van der Waals surface area contributed by atoms with Gasteiger partial charge in [0.15, 0.2) is 11.8 Å². The highest BCUT2D eigenvalue weighted by Gasteiger charge is 2.29. The van der Waals surface area contributed by atoms with Crippen molar-refractivity contribution in [3.63, 3.8) is 0 Å². The molecule has 1 unspecified atom stereocenters. The molecule has 0 saturated heterocycles. The van der Waals surface area contributed by atoms with Gasteiger partial charge in [-0.15, -0.1) is 0 Å². The van der Waals surface area contributed by atoms with E-state index in [0.717, 1.165) is 0 Å². The lowest BCUT2D eigenvalue weighted by molar-refractivity contribution is -0.133. The molecule has 0 aliphatic carbocycles. The van der Waals surface area contributed by atoms with Crippen LogP contribution in [0, 0.1) is 0 Å². The van der Waals surface area contributed by atoms with E-state index in [1.807, 2.05) is 0 Å². The van der Waals surface area contributed by atoms with Crippen molar-refractivity contribution in [3.8, 4) is 0 Å². The first kappa shape index (κ1) is 12.6. The van der Waals surface area contributed by atoms with Crippen LogP contribution in [-0.4, -0.2) is 24.1 Å². The van der Waals surface area contributed by atoms with Gasteiger partial charge in [0.05, 0.1) is 12.0 Å². The van der Waals surface area contributed by atoms with Gasteiger partial charge < -0.3 is 9.15 Å². The SMILES string of the molecule is O=C1OC(c2ccco2)=NC1C=Nc1cccc(Cl)c1. The third-order valence-electron chi connectivity index (χ3n) is 2.60. The fourth-order valence-electron chi connectivity index (χ4n) is 1.68. The van der Waals surface area contributed by atoms with Gasteiger partial charge in [-0.1, -0.05) is 17.7 Å². The summed E-state index contributed by atoms with van der Waals surface area (Å²) in [5, 5.41) is 0.577. The van der Waals surface area contributed by atoms with Crippen LogP contribution in [0.25, 0.3) is 0 Å². The molecule has 1 aliphatic heterocycles.